The quantitative estimate of drug-likeness (QED) is 0.529. The fourth-order valence-corrected chi connectivity index (χ4v) is 8.88. The third-order valence-electron chi connectivity index (χ3n) is 5.19. The summed E-state index contributed by atoms with van der Waals surface area (Å²) in [7, 11) is 0.916. The van der Waals surface area contributed by atoms with Gasteiger partial charge in [-0.1, -0.05) is 28.0 Å². The molecule has 0 bridgehead atoms. The van der Waals surface area contributed by atoms with Crippen molar-refractivity contribution >= 4 is 37.3 Å². The number of nitrogens with one attached hydrogen (secondary N) is 1. The summed E-state index contributed by atoms with van der Waals surface area (Å²) in [6.07, 6.45) is 7.26. The molecule has 0 aromatic heterocycles. The first kappa shape index (κ1) is 18.9. The van der Waals surface area contributed by atoms with E-state index < -0.39 is 9.84 Å². The molecule has 3 rings (SSSR count). The monoisotopic (exact) mass is 392 g/mol. The zero-order valence-electron chi connectivity index (χ0n) is 14.1. The van der Waals surface area contributed by atoms with Gasteiger partial charge in [0.1, 0.15) is 0 Å². The van der Waals surface area contributed by atoms with Crippen LogP contribution in [0.15, 0.2) is 0 Å². The number of sulfone groups is 1. The molecule has 0 saturated carbocycles. The topological polar surface area (TPSA) is 66.5 Å². The van der Waals surface area contributed by atoms with E-state index >= 15 is 0 Å². The minimum absolute atomic E-state index is 0.0200. The van der Waals surface area contributed by atoms with Crippen LogP contribution in [0.4, 0.5) is 0 Å². The average molecular weight is 393 g/mol. The Kier molecular flexibility index (Phi) is 6.79. The molecule has 1 N–H and O–H groups in total. The average Bonchev–Trinajstić information content (AvgIpc) is 3.24. The third-order valence-corrected chi connectivity index (χ3v) is 9.91. The van der Waals surface area contributed by atoms with E-state index in [0.717, 1.165) is 44.0 Å². The summed E-state index contributed by atoms with van der Waals surface area (Å²) in [5.74, 6) is 1.59. The molecule has 3 atom stereocenters. The Hall–Kier alpha value is 0.0800. The predicted molar refractivity (Wildman–Crippen MR) is 102 cm³/mol. The van der Waals surface area contributed by atoms with E-state index in [1.54, 1.807) is 0 Å². The highest BCUT2D eigenvalue weighted by Crippen LogP contribution is 2.39. The molecular formula is C16H28N2O3S3. The van der Waals surface area contributed by atoms with E-state index in [0.29, 0.717) is 6.42 Å². The van der Waals surface area contributed by atoms with Crippen LogP contribution in [0, 0.1) is 0 Å². The summed E-state index contributed by atoms with van der Waals surface area (Å²) >= 11 is 0. The van der Waals surface area contributed by atoms with E-state index in [2.05, 4.69) is 10.2 Å². The van der Waals surface area contributed by atoms with E-state index in [4.69, 9.17) is 0 Å². The number of likely N-dealkylation sites (tertiary alicyclic amines) is 1. The lowest BCUT2D eigenvalue weighted by Gasteiger charge is -2.28. The van der Waals surface area contributed by atoms with Crippen LogP contribution in [0.3, 0.4) is 0 Å². The van der Waals surface area contributed by atoms with Gasteiger partial charge in [0.15, 0.2) is 9.84 Å². The fraction of sp³-hybridized carbons (Fsp3) is 0.938. The lowest BCUT2D eigenvalue weighted by atomic mass is 10.1. The zero-order valence-corrected chi connectivity index (χ0v) is 16.6. The number of hydrogen-bond donors (Lipinski definition) is 1. The largest absolute Gasteiger partial charge is 0.351 e. The number of carbonyl (C=O) groups is 1. The predicted octanol–water partition coefficient (Wildman–Crippen LogP) is 2.08. The molecule has 138 valence electrons. The van der Waals surface area contributed by atoms with E-state index in [-0.39, 0.29) is 29.5 Å². The number of nitrogens with zero attached hydrogens (tertiary/aromatic N) is 1. The summed E-state index contributed by atoms with van der Waals surface area (Å²) in [6.45, 7) is 1.92. The standard InChI is InChI=1S/C16H28N2O3S3/c19-16(6-2-1-5-13-7-10-22-23-13)17-14-11-24(20,21)12-15(14)18-8-3-4-9-18/h13-15H,1-12H2,(H,17,19). The SMILES string of the molecule is O=C(CCCCC1CCSS1)NC1CS(=O)(=O)CC1N1CCCC1. The van der Waals surface area contributed by atoms with Crippen LogP contribution in [0.5, 0.6) is 0 Å². The van der Waals surface area contributed by atoms with Gasteiger partial charge in [0.05, 0.1) is 17.5 Å². The van der Waals surface area contributed by atoms with Crippen molar-refractivity contribution in [1.82, 2.24) is 10.2 Å². The van der Waals surface area contributed by atoms with Crippen molar-refractivity contribution in [1.29, 1.82) is 0 Å². The summed E-state index contributed by atoms with van der Waals surface area (Å²) in [5, 5.41) is 3.78. The van der Waals surface area contributed by atoms with Crippen LogP contribution >= 0.6 is 21.6 Å². The van der Waals surface area contributed by atoms with Gasteiger partial charge in [-0.25, -0.2) is 8.42 Å². The van der Waals surface area contributed by atoms with Crippen LogP contribution in [-0.2, 0) is 14.6 Å². The second kappa shape index (κ2) is 8.64. The van der Waals surface area contributed by atoms with Gasteiger partial charge in [-0.2, -0.15) is 0 Å². The minimum Gasteiger partial charge on any atom is -0.351 e. The zero-order chi connectivity index (χ0) is 17.0. The Labute approximate surface area is 153 Å². The first-order valence-corrected chi connectivity index (χ1v) is 13.3. The number of unbranched alkanes of at least 4 members (excludes halogenated alkanes) is 1. The maximum absolute atomic E-state index is 12.2. The van der Waals surface area contributed by atoms with Crippen molar-refractivity contribution < 1.29 is 13.2 Å². The molecule has 1 amide bonds. The molecule has 3 fully saturated rings. The molecule has 3 saturated heterocycles. The lowest BCUT2D eigenvalue weighted by molar-refractivity contribution is -0.122. The summed E-state index contributed by atoms with van der Waals surface area (Å²) in [5.41, 5.74) is 0. The second-order valence-electron chi connectivity index (χ2n) is 7.14. The van der Waals surface area contributed by atoms with Gasteiger partial charge in [-0.15, -0.1) is 0 Å². The lowest BCUT2D eigenvalue weighted by Crippen LogP contribution is -2.50. The highest BCUT2D eigenvalue weighted by Gasteiger charge is 2.42. The van der Waals surface area contributed by atoms with E-state index in [1.165, 1.54) is 18.6 Å². The van der Waals surface area contributed by atoms with Gasteiger partial charge in [0, 0.05) is 23.5 Å². The van der Waals surface area contributed by atoms with Crippen molar-refractivity contribution in [3.05, 3.63) is 0 Å². The maximum atomic E-state index is 12.2. The molecule has 8 heteroatoms. The van der Waals surface area contributed by atoms with E-state index in [1.807, 2.05) is 21.6 Å². The molecule has 24 heavy (non-hydrogen) atoms. The second-order valence-corrected chi connectivity index (χ2v) is 12.1. The van der Waals surface area contributed by atoms with E-state index in [9.17, 15) is 13.2 Å². The molecule has 3 aliphatic heterocycles. The third kappa shape index (κ3) is 5.29. The van der Waals surface area contributed by atoms with Crippen LogP contribution in [0.1, 0.15) is 44.9 Å². The Morgan fingerprint density at radius 2 is 1.96 bits per heavy atom. The Bertz CT molecular complexity index is 529. The molecule has 0 spiro atoms. The summed E-state index contributed by atoms with van der Waals surface area (Å²) in [4.78, 5) is 14.5. The molecule has 3 unspecified atom stereocenters. The Balaban J connectivity index is 1.41. The number of amides is 1. The van der Waals surface area contributed by atoms with Crippen LogP contribution in [0.2, 0.25) is 0 Å². The van der Waals surface area contributed by atoms with Crippen LogP contribution in [-0.4, -0.2) is 66.9 Å². The van der Waals surface area contributed by atoms with Gasteiger partial charge in [0.25, 0.3) is 0 Å². The smallest absolute Gasteiger partial charge is 0.220 e. The minimum atomic E-state index is -3.03. The molecule has 3 heterocycles. The van der Waals surface area contributed by atoms with Crippen molar-refractivity contribution in [2.75, 3.05) is 30.3 Å². The Morgan fingerprint density at radius 3 is 2.67 bits per heavy atom. The molecule has 0 radical (unpaired) electrons. The molecule has 0 aliphatic carbocycles. The number of rotatable bonds is 7. The summed E-state index contributed by atoms with van der Waals surface area (Å²) in [6, 6.07) is -0.240. The van der Waals surface area contributed by atoms with Gasteiger partial charge in [-0.3, -0.25) is 9.69 Å². The molecule has 0 aromatic rings. The molecular weight excluding hydrogens is 364 g/mol. The molecule has 0 aromatic carbocycles. The van der Waals surface area contributed by atoms with Crippen molar-refractivity contribution in [3.8, 4) is 0 Å². The fourth-order valence-electron chi connectivity index (χ4n) is 3.90. The first-order valence-electron chi connectivity index (χ1n) is 9.06. The van der Waals surface area contributed by atoms with Gasteiger partial charge >= 0.3 is 0 Å². The van der Waals surface area contributed by atoms with Gasteiger partial charge in [0.2, 0.25) is 5.91 Å². The molecule has 5 nitrogen and oxygen atoms in total. The highest BCUT2D eigenvalue weighted by molar-refractivity contribution is 8.77. The maximum Gasteiger partial charge on any atom is 0.220 e. The first-order chi connectivity index (χ1) is 11.5. The van der Waals surface area contributed by atoms with Crippen LogP contribution in [0.25, 0.3) is 0 Å². The normalized spacial score (nSPS) is 33.1. The number of carbonyl (C=O) groups excluding carboxylic acids is 1. The molecule has 3 aliphatic rings. The van der Waals surface area contributed by atoms with Gasteiger partial charge < -0.3 is 5.32 Å². The van der Waals surface area contributed by atoms with Crippen LogP contribution < -0.4 is 5.32 Å². The van der Waals surface area contributed by atoms with Crippen molar-refractivity contribution in [2.45, 2.75) is 62.3 Å². The summed E-state index contributed by atoms with van der Waals surface area (Å²) < 4.78 is 24.0. The van der Waals surface area contributed by atoms with Crippen molar-refractivity contribution in [2.24, 2.45) is 0 Å². The van der Waals surface area contributed by atoms with Gasteiger partial charge in [-0.05, 0) is 45.2 Å². The Morgan fingerprint density at radius 1 is 1.17 bits per heavy atom. The highest BCUT2D eigenvalue weighted by atomic mass is 33.1. The van der Waals surface area contributed by atoms with Crippen molar-refractivity contribution in [3.63, 3.8) is 0 Å². The number of hydrogen-bond acceptors (Lipinski definition) is 6.